The Bertz CT molecular complexity index is 659. The van der Waals surface area contributed by atoms with Gasteiger partial charge in [0.15, 0.2) is 10.2 Å². The normalized spacial score (nSPS) is 11.2. The summed E-state index contributed by atoms with van der Waals surface area (Å²) in [5, 5.41) is 11.4. The summed E-state index contributed by atoms with van der Waals surface area (Å²) < 4.78 is 2.82. The number of hydrogen-bond acceptors (Lipinski definition) is 7. The molecule has 0 radical (unpaired) electrons. The molecule has 0 aliphatic rings. The molecule has 0 amide bonds. The average molecular weight is 306 g/mol. The van der Waals surface area contributed by atoms with Crippen LogP contribution in [0.3, 0.4) is 0 Å². The van der Waals surface area contributed by atoms with Gasteiger partial charge in [0, 0.05) is 25.4 Å². The molecule has 0 unspecified atom stereocenters. The molecule has 0 saturated carbocycles. The minimum atomic E-state index is 0.922. The molecular formula is C12H14N6S2. The maximum Gasteiger partial charge on any atom is 0.152 e. The van der Waals surface area contributed by atoms with E-state index in [1.54, 1.807) is 27.8 Å². The van der Waals surface area contributed by atoms with Crippen molar-refractivity contribution in [2.75, 3.05) is 5.75 Å². The van der Waals surface area contributed by atoms with E-state index in [-0.39, 0.29) is 0 Å². The van der Waals surface area contributed by atoms with E-state index in [9.17, 15) is 0 Å². The van der Waals surface area contributed by atoms with Gasteiger partial charge in [0.1, 0.15) is 10.3 Å². The molecule has 3 aromatic heterocycles. The maximum absolute atomic E-state index is 4.56. The standard InChI is InChI=1S/C12H14N6S2/c1-18-10(15-16-17-18)6-2-3-8-19-12-14-9-5-4-7-13-11(9)20-12/h4-5,7H,2-3,6,8H2,1H3. The summed E-state index contributed by atoms with van der Waals surface area (Å²) in [6.07, 6.45) is 4.95. The van der Waals surface area contributed by atoms with E-state index in [4.69, 9.17) is 0 Å². The molecular weight excluding hydrogens is 292 g/mol. The van der Waals surface area contributed by atoms with Gasteiger partial charge in [0.05, 0.1) is 0 Å². The molecule has 3 rings (SSSR count). The van der Waals surface area contributed by atoms with E-state index in [0.717, 1.165) is 45.5 Å². The highest BCUT2D eigenvalue weighted by Gasteiger charge is 2.05. The van der Waals surface area contributed by atoms with Gasteiger partial charge in [-0.3, -0.25) is 0 Å². The van der Waals surface area contributed by atoms with Crippen LogP contribution >= 0.6 is 23.1 Å². The van der Waals surface area contributed by atoms with Crippen molar-refractivity contribution in [1.29, 1.82) is 0 Å². The Morgan fingerprint density at radius 2 is 2.30 bits per heavy atom. The molecule has 8 heteroatoms. The van der Waals surface area contributed by atoms with Gasteiger partial charge in [0.2, 0.25) is 0 Å². The molecule has 0 saturated heterocycles. The number of rotatable bonds is 6. The zero-order valence-corrected chi connectivity index (χ0v) is 12.7. The number of tetrazole rings is 1. The van der Waals surface area contributed by atoms with Gasteiger partial charge in [-0.2, -0.15) is 0 Å². The lowest BCUT2D eigenvalue weighted by Crippen LogP contribution is -1.99. The van der Waals surface area contributed by atoms with Gasteiger partial charge in [-0.05, 0) is 35.4 Å². The van der Waals surface area contributed by atoms with Crippen LogP contribution in [0.5, 0.6) is 0 Å². The predicted octanol–water partition coefficient (Wildman–Crippen LogP) is 2.33. The van der Waals surface area contributed by atoms with Crippen LogP contribution in [0.1, 0.15) is 18.7 Å². The van der Waals surface area contributed by atoms with Gasteiger partial charge >= 0.3 is 0 Å². The Labute approximate surface area is 124 Å². The molecule has 6 nitrogen and oxygen atoms in total. The fourth-order valence-corrected chi connectivity index (χ4v) is 3.87. The molecule has 0 atom stereocenters. The molecule has 0 bridgehead atoms. The third-order valence-electron chi connectivity index (χ3n) is 2.87. The van der Waals surface area contributed by atoms with Gasteiger partial charge in [-0.1, -0.05) is 23.1 Å². The van der Waals surface area contributed by atoms with Gasteiger partial charge in [0.25, 0.3) is 0 Å². The number of aromatic nitrogens is 6. The van der Waals surface area contributed by atoms with E-state index >= 15 is 0 Å². The molecule has 0 aliphatic carbocycles. The first-order chi connectivity index (χ1) is 9.83. The van der Waals surface area contributed by atoms with E-state index < -0.39 is 0 Å². The Hall–Kier alpha value is -1.54. The Morgan fingerprint density at radius 1 is 1.35 bits per heavy atom. The number of aryl methyl sites for hydroxylation is 2. The van der Waals surface area contributed by atoms with Crippen molar-refractivity contribution < 1.29 is 0 Å². The number of hydrogen-bond donors (Lipinski definition) is 0. The molecule has 0 N–H and O–H groups in total. The highest BCUT2D eigenvalue weighted by Crippen LogP contribution is 2.28. The number of fused-ring (bicyclic) bond motifs is 1. The highest BCUT2D eigenvalue weighted by molar-refractivity contribution is 8.01. The quantitative estimate of drug-likeness (QED) is 0.514. The first-order valence-corrected chi connectivity index (χ1v) is 8.19. The van der Waals surface area contributed by atoms with Crippen molar-refractivity contribution >= 4 is 33.4 Å². The molecule has 104 valence electrons. The van der Waals surface area contributed by atoms with Crippen LogP contribution in [0.25, 0.3) is 10.3 Å². The van der Waals surface area contributed by atoms with Gasteiger partial charge in [-0.25, -0.2) is 14.6 Å². The Morgan fingerprint density at radius 3 is 3.10 bits per heavy atom. The Kier molecular flexibility index (Phi) is 4.22. The summed E-state index contributed by atoms with van der Waals surface area (Å²) in [5.74, 6) is 2.00. The third-order valence-corrected chi connectivity index (χ3v) is 5.08. The first-order valence-electron chi connectivity index (χ1n) is 6.38. The van der Waals surface area contributed by atoms with E-state index in [1.807, 2.05) is 25.4 Å². The minimum Gasteiger partial charge on any atom is -0.244 e. The second-order valence-corrected chi connectivity index (χ2v) is 6.65. The van der Waals surface area contributed by atoms with Crippen molar-refractivity contribution in [3.8, 4) is 0 Å². The van der Waals surface area contributed by atoms with Gasteiger partial charge < -0.3 is 0 Å². The number of unbranched alkanes of at least 4 members (excludes halogenated alkanes) is 1. The van der Waals surface area contributed by atoms with E-state index in [2.05, 4.69) is 25.5 Å². The minimum absolute atomic E-state index is 0.922. The smallest absolute Gasteiger partial charge is 0.152 e. The van der Waals surface area contributed by atoms with Crippen molar-refractivity contribution in [3.63, 3.8) is 0 Å². The highest BCUT2D eigenvalue weighted by atomic mass is 32.2. The largest absolute Gasteiger partial charge is 0.244 e. The third kappa shape index (κ3) is 3.13. The molecule has 20 heavy (non-hydrogen) atoms. The van der Waals surface area contributed by atoms with Crippen molar-refractivity contribution in [3.05, 3.63) is 24.2 Å². The lowest BCUT2D eigenvalue weighted by Gasteiger charge is -1.98. The molecule has 3 aromatic rings. The van der Waals surface area contributed by atoms with Crippen molar-refractivity contribution in [2.45, 2.75) is 23.6 Å². The Balaban J connectivity index is 1.44. The maximum atomic E-state index is 4.56. The summed E-state index contributed by atoms with van der Waals surface area (Å²) >= 11 is 3.46. The summed E-state index contributed by atoms with van der Waals surface area (Å²) in [7, 11) is 1.87. The lowest BCUT2D eigenvalue weighted by molar-refractivity contribution is 0.655. The zero-order chi connectivity index (χ0) is 13.8. The molecule has 0 aromatic carbocycles. The molecule has 3 heterocycles. The van der Waals surface area contributed by atoms with E-state index in [0.29, 0.717) is 0 Å². The number of pyridine rings is 1. The van der Waals surface area contributed by atoms with Gasteiger partial charge in [-0.15, -0.1) is 5.10 Å². The van der Waals surface area contributed by atoms with Crippen LogP contribution in [0.15, 0.2) is 22.7 Å². The zero-order valence-electron chi connectivity index (χ0n) is 11.1. The van der Waals surface area contributed by atoms with E-state index in [1.165, 1.54) is 0 Å². The van der Waals surface area contributed by atoms with Crippen LogP contribution < -0.4 is 0 Å². The summed E-state index contributed by atoms with van der Waals surface area (Å²) in [6.45, 7) is 0. The SMILES string of the molecule is Cn1nnnc1CCCCSc1nc2cccnc2s1. The predicted molar refractivity (Wildman–Crippen MR) is 79.9 cm³/mol. The van der Waals surface area contributed by atoms with Crippen molar-refractivity contribution in [2.24, 2.45) is 7.05 Å². The summed E-state index contributed by atoms with van der Waals surface area (Å²) in [4.78, 5) is 9.88. The van der Waals surface area contributed by atoms with Crippen molar-refractivity contribution in [1.82, 2.24) is 30.2 Å². The molecule has 0 fully saturated rings. The summed E-state index contributed by atoms with van der Waals surface area (Å²) in [6, 6.07) is 3.93. The average Bonchev–Trinajstić information content (AvgIpc) is 3.04. The van der Waals surface area contributed by atoms with Crippen LogP contribution in [0, 0.1) is 0 Å². The summed E-state index contributed by atoms with van der Waals surface area (Å²) in [5.41, 5.74) is 0.991. The van der Waals surface area contributed by atoms with Crippen LogP contribution in [0.4, 0.5) is 0 Å². The van der Waals surface area contributed by atoms with Crippen LogP contribution in [-0.2, 0) is 13.5 Å². The second-order valence-electron chi connectivity index (χ2n) is 4.33. The number of thiazole rings is 1. The van der Waals surface area contributed by atoms with Crippen LogP contribution in [0.2, 0.25) is 0 Å². The molecule has 0 spiro atoms. The second kappa shape index (κ2) is 6.27. The fraction of sp³-hybridized carbons (Fsp3) is 0.417. The monoisotopic (exact) mass is 306 g/mol. The molecule has 0 aliphatic heterocycles. The van der Waals surface area contributed by atoms with Crippen LogP contribution in [-0.4, -0.2) is 35.9 Å². The number of thioether (sulfide) groups is 1. The number of nitrogens with zero attached hydrogens (tertiary/aromatic N) is 6. The topological polar surface area (TPSA) is 69.4 Å². The fourth-order valence-electron chi connectivity index (χ4n) is 1.82. The first kappa shape index (κ1) is 13.4. The lowest BCUT2D eigenvalue weighted by atomic mass is 10.2.